The molecule has 22 heavy (non-hydrogen) atoms. The first kappa shape index (κ1) is 18.1. The predicted octanol–water partition coefficient (Wildman–Crippen LogP) is -0.807. The highest BCUT2D eigenvalue weighted by molar-refractivity contribution is 5.85. The van der Waals surface area contributed by atoms with Crippen LogP contribution in [-0.4, -0.2) is 56.8 Å². The molecule has 1 fully saturated rings. The molecule has 5 atom stereocenters. The second kappa shape index (κ2) is 7.35. The summed E-state index contributed by atoms with van der Waals surface area (Å²) in [5.74, 6) is -3.86. The van der Waals surface area contributed by atoms with Gasteiger partial charge in [-0.3, -0.25) is 4.79 Å². The van der Waals surface area contributed by atoms with Crippen molar-refractivity contribution in [3.05, 3.63) is 12.2 Å². The van der Waals surface area contributed by atoms with Crippen molar-refractivity contribution in [1.82, 2.24) is 0 Å². The van der Waals surface area contributed by atoms with Crippen molar-refractivity contribution in [3.8, 4) is 6.07 Å². The van der Waals surface area contributed by atoms with Crippen LogP contribution in [0.4, 0.5) is 0 Å². The number of carbonyl (C=O) groups excluding carboxylic acids is 1. The van der Waals surface area contributed by atoms with Crippen molar-refractivity contribution in [2.75, 3.05) is 6.61 Å². The lowest BCUT2D eigenvalue weighted by Crippen LogP contribution is -2.37. The van der Waals surface area contributed by atoms with Gasteiger partial charge >= 0.3 is 11.9 Å². The number of aliphatic hydroxyl groups excluding tert-OH is 2. The van der Waals surface area contributed by atoms with Crippen molar-refractivity contribution in [3.63, 3.8) is 0 Å². The standard InChI is InChI=1S/C14H19NO7/c1-2-22-13(20)14(21,7-15)4-3-8-9(5-12(18)19)11(17)6-10(8)16/h3-4,8-11,16-17,21H,2,5-6H2,1H3,(H,18,19)/t8-,9-,10-,11+,14?/m1/s1. The Morgan fingerprint density at radius 2 is 2.05 bits per heavy atom. The molecule has 0 heterocycles. The average Bonchev–Trinajstić information content (AvgIpc) is 2.70. The third-order valence-electron chi connectivity index (χ3n) is 3.64. The third kappa shape index (κ3) is 4.04. The number of carboxylic acids is 1. The number of aliphatic hydroxyl groups is 3. The molecule has 8 heteroatoms. The van der Waals surface area contributed by atoms with Gasteiger partial charge in [-0.1, -0.05) is 6.08 Å². The molecule has 0 spiro atoms. The molecule has 0 aromatic rings. The second-order valence-electron chi connectivity index (χ2n) is 5.17. The monoisotopic (exact) mass is 313 g/mol. The Kier molecular flexibility index (Phi) is 6.05. The van der Waals surface area contributed by atoms with Gasteiger partial charge in [0.2, 0.25) is 0 Å². The van der Waals surface area contributed by atoms with E-state index in [-0.39, 0.29) is 19.4 Å². The zero-order chi connectivity index (χ0) is 16.9. The Labute approximate surface area is 127 Å². The Bertz CT molecular complexity index is 498. The van der Waals surface area contributed by atoms with E-state index in [1.54, 1.807) is 0 Å². The number of aliphatic carboxylic acids is 1. The SMILES string of the molecule is CCOC(=O)C(O)(C#N)C=C[C@@H]1[C@@H](CC(=O)O)[C@@H](O)C[C@H]1O. The first-order chi connectivity index (χ1) is 10.2. The molecule has 0 radical (unpaired) electrons. The number of esters is 1. The molecule has 1 aliphatic rings. The number of nitriles is 1. The van der Waals surface area contributed by atoms with E-state index in [4.69, 9.17) is 10.4 Å². The number of nitrogens with zero attached hydrogens (tertiary/aromatic N) is 1. The van der Waals surface area contributed by atoms with E-state index in [0.717, 1.165) is 6.08 Å². The molecule has 0 aromatic heterocycles. The molecule has 1 saturated carbocycles. The first-order valence-electron chi connectivity index (χ1n) is 6.83. The quantitative estimate of drug-likeness (QED) is 0.283. The number of rotatable bonds is 6. The Morgan fingerprint density at radius 3 is 2.55 bits per heavy atom. The Balaban J connectivity index is 2.95. The lowest BCUT2D eigenvalue weighted by molar-refractivity contribution is -0.155. The highest BCUT2D eigenvalue weighted by Crippen LogP contribution is 2.36. The van der Waals surface area contributed by atoms with Crippen LogP contribution in [0.5, 0.6) is 0 Å². The van der Waals surface area contributed by atoms with Crippen LogP contribution in [0.25, 0.3) is 0 Å². The van der Waals surface area contributed by atoms with Gasteiger partial charge in [0.15, 0.2) is 0 Å². The van der Waals surface area contributed by atoms with Gasteiger partial charge in [-0.05, 0) is 13.0 Å². The van der Waals surface area contributed by atoms with Crippen LogP contribution in [0.3, 0.4) is 0 Å². The molecule has 1 unspecified atom stereocenters. The summed E-state index contributed by atoms with van der Waals surface area (Å²) >= 11 is 0. The van der Waals surface area contributed by atoms with Crippen LogP contribution in [0, 0.1) is 23.2 Å². The first-order valence-corrected chi connectivity index (χ1v) is 6.83. The van der Waals surface area contributed by atoms with Crippen LogP contribution in [0.1, 0.15) is 19.8 Å². The van der Waals surface area contributed by atoms with Crippen molar-refractivity contribution in [2.24, 2.45) is 11.8 Å². The lowest BCUT2D eigenvalue weighted by Gasteiger charge is -2.20. The third-order valence-corrected chi connectivity index (χ3v) is 3.64. The van der Waals surface area contributed by atoms with Crippen LogP contribution in [0.15, 0.2) is 12.2 Å². The molecule has 0 aliphatic heterocycles. The Hall–Kier alpha value is -1.95. The number of carbonyl (C=O) groups is 2. The van der Waals surface area contributed by atoms with Crippen LogP contribution >= 0.6 is 0 Å². The molecule has 0 amide bonds. The number of hydrogen-bond acceptors (Lipinski definition) is 7. The highest BCUT2D eigenvalue weighted by atomic mass is 16.5. The maximum atomic E-state index is 11.6. The smallest absolute Gasteiger partial charge is 0.357 e. The van der Waals surface area contributed by atoms with E-state index < -0.39 is 41.6 Å². The molecule has 1 aliphatic carbocycles. The molecular weight excluding hydrogens is 294 g/mol. The van der Waals surface area contributed by atoms with Crippen LogP contribution in [0.2, 0.25) is 0 Å². The maximum absolute atomic E-state index is 11.6. The fourth-order valence-electron chi connectivity index (χ4n) is 2.51. The molecule has 8 nitrogen and oxygen atoms in total. The topological polar surface area (TPSA) is 148 Å². The van der Waals surface area contributed by atoms with E-state index in [0.29, 0.717) is 0 Å². The average molecular weight is 313 g/mol. The van der Waals surface area contributed by atoms with Crippen LogP contribution < -0.4 is 0 Å². The van der Waals surface area contributed by atoms with E-state index in [2.05, 4.69) is 4.74 Å². The molecule has 1 rings (SSSR count). The highest BCUT2D eigenvalue weighted by Gasteiger charge is 2.43. The number of carboxylic acid groups (broad SMARTS) is 1. The fourth-order valence-corrected chi connectivity index (χ4v) is 2.51. The summed E-state index contributed by atoms with van der Waals surface area (Å²) in [6.07, 6.45) is -0.380. The second-order valence-corrected chi connectivity index (χ2v) is 5.17. The van der Waals surface area contributed by atoms with Crippen LogP contribution in [-0.2, 0) is 14.3 Å². The summed E-state index contributed by atoms with van der Waals surface area (Å²) in [6.45, 7) is 1.49. The van der Waals surface area contributed by atoms with Gasteiger partial charge in [0, 0.05) is 18.3 Å². The van der Waals surface area contributed by atoms with Crippen molar-refractivity contribution >= 4 is 11.9 Å². The van der Waals surface area contributed by atoms with Crippen molar-refractivity contribution in [2.45, 2.75) is 37.6 Å². The summed E-state index contributed by atoms with van der Waals surface area (Å²) in [5.41, 5.74) is -2.52. The maximum Gasteiger partial charge on any atom is 0.357 e. The van der Waals surface area contributed by atoms with Gasteiger partial charge in [-0.2, -0.15) is 5.26 Å². The zero-order valence-corrected chi connectivity index (χ0v) is 12.0. The minimum absolute atomic E-state index is 0.0165. The summed E-state index contributed by atoms with van der Waals surface area (Å²) in [4.78, 5) is 22.4. The summed E-state index contributed by atoms with van der Waals surface area (Å²) in [5, 5.41) is 47.3. The van der Waals surface area contributed by atoms with E-state index in [1.807, 2.05) is 0 Å². The fraction of sp³-hybridized carbons (Fsp3) is 0.643. The molecule has 0 saturated heterocycles. The van der Waals surface area contributed by atoms with Gasteiger partial charge in [0.05, 0.1) is 25.2 Å². The predicted molar refractivity (Wildman–Crippen MR) is 72.2 cm³/mol. The van der Waals surface area contributed by atoms with Crippen molar-refractivity contribution < 1.29 is 34.8 Å². The summed E-state index contributed by atoms with van der Waals surface area (Å²) in [6, 6.07) is 1.40. The number of ether oxygens (including phenoxy) is 1. The summed E-state index contributed by atoms with van der Waals surface area (Å²) < 4.78 is 4.58. The normalized spacial score (nSPS) is 30.7. The van der Waals surface area contributed by atoms with E-state index >= 15 is 0 Å². The molecule has 122 valence electrons. The van der Waals surface area contributed by atoms with Gasteiger partial charge in [0.25, 0.3) is 5.60 Å². The minimum Gasteiger partial charge on any atom is -0.481 e. The zero-order valence-electron chi connectivity index (χ0n) is 12.0. The lowest BCUT2D eigenvalue weighted by atomic mass is 9.89. The summed E-state index contributed by atoms with van der Waals surface area (Å²) in [7, 11) is 0. The largest absolute Gasteiger partial charge is 0.481 e. The number of hydrogen-bond donors (Lipinski definition) is 4. The van der Waals surface area contributed by atoms with Gasteiger partial charge in [0.1, 0.15) is 6.07 Å². The van der Waals surface area contributed by atoms with Gasteiger partial charge < -0.3 is 25.2 Å². The Morgan fingerprint density at radius 1 is 1.41 bits per heavy atom. The van der Waals surface area contributed by atoms with E-state index in [9.17, 15) is 24.9 Å². The minimum atomic E-state index is -2.52. The molecule has 0 aromatic carbocycles. The van der Waals surface area contributed by atoms with Gasteiger partial charge in [-0.25, -0.2) is 4.79 Å². The molecule has 4 N–H and O–H groups in total. The van der Waals surface area contributed by atoms with Gasteiger partial charge in [-0.15, -0.1) is 0 Å². The molecular formula is C14H19NO7. The van der Waals surface area contributed by atoms with E-state index in [1.165, 1.54) is 19.1 Å². The molecule has 0 bridgehead atoms. The van der Waals surface area contributed by atoms with Crippen molar-refractivity contribution in [1.29, 1.82) is 5.26 Å².